The molecule has 0 saturated heterocycles. The van der Waals surface area contributed by atoms with Crippen LogP contribution in [0.2, 0.25) is 0 Å². The largest absolute Gasteiger partial charge is 0.324 e. The Labute approximate surface area is 109 Å². The number of nitrogens with one attached hydrogen (secondary N) is 1. The van der Waals surface area contributed by atoms with E-state index in [4.69, 9.17) is 5.73 Å². The number of rotatable bonds is 3. The van der Waals surface area contributed by atoms with Crippen molar-refractivity contribution in [1.29, 1.82) is 0 Å². The Morgan fingerprint density at radius 1 is 1.29 bits per heavy atom. The average molecular weight is 257 g/mol. The zero-order valence-electron chi connectivity index (χ0n) is 10.8. The molecule has 0 aliphatic carbocycles. The van der Waals surface area contributed by atoms with Gasteiger partial charge in [-0.05, 0) is 37.0 Å². The minimum absolute atomic E-state index is 0. The molecular formula is C13H21ClN2O. The van der Waals surface area contributed by atoms with E-state index < -0.39 is 6.04 Å². The van der Waals surface area contributed by atoms with Crippen molar-refractivity contribution in [2.24, 2.45) is 11.7 Å². The fraction of sp³-hybridized carbons (Fsp3) is 0.462. The molecule has 1 rings (SSSR count). The molecule has 17 heavy (non-hydrogen) atoms. The first-order chi connectivity index (χ1) is 7.43. The first kappa shape index (κ1) is 15.9. The van der Waals surface area contributed by atoms with Crippen molar-refractivity contribution in [1.82, 2.24) is 0 Å². The van der Waals surface area contributed by atoms with Crippen LogP contribution in [0.4, 0.5) is 5.69 Å². The number of carbonyl (C=O) groups is 1. The summed E-state index contributed by atoms with van der Waals surface area (Å²) in [6, 6.07) is 5.39. The SMILES string of the molecule is Cc1cccc(NC(=O)C(N)C(C)C)c1C.Cl. The highest BCUT2D eigenvalue weighted by molar-refractivity contribution is 5.95. The van der Waals surface area contributed by atoms with Crippen LogP contribution in [0, 0.1) is 19.8 Å². The molecule has 0 aromatic heterocycles. The Morgan fingerprint density at radius 2 is 1.88 bits per heavy atom. The molecule has 1 aromatic carbocycles. The molecular weight excluding hydrogens is 236 g/mol. The van der Waals surface area contributed by atoms with Crippen LogP contribution in [0.3, 0.4) is 0 Å². The average Bonchev–Trinajstić information content (AvgIpc) is 2.23. The van der Waals surface area contributed by atoms with Crippen LogP contribution >= 0.6 is 12.4 Å². The van der Waals surface area contributed by atoms with E-state index >= 15 is 0 Å². The molecule has 0 radical (unpaired) electrons. The van der Waals surface area contributed by atoms with E-state index in [2.05, 4.69) is 5.32 Å². The molecule has 1 atom stereocenters. The van der Waals surface area contributed by atoms with E-state index in [1.54, 1.807) is 0 Å². The topological polar surface area (TPSA) is 55.1 Å². The van der Waals surface area contributed by atoms with E-state index in [0.29, 0.717) is 0 Å². The number of nitrogens with two attached hydrogens (primary N) is 1. The molecule has 4 heteroatoms. The van der Waals surface area contributed by atoms with Gasteiger partial charge in [0.1, 0.15) is 0 Å². The maximum absolute atomic E-state index is 11.8. The molecule has 96 valence electrons. The zero-order chi connectivity index (χ0) is 12.3. The standard InChI is InChI=1S/C13H20N2O.ClH/c1-8(2)12(14)13(16)15-11-7-5-6-9(3)10(11)4;/h5-8,12H,14H2,1-4H3,(H,15,16);1H. The van der Waals surface area contributed by atoms with Gasteiger partial charge >= 0.3 is 0 Å². The summed E-state index contributed by atoms with van der Waals surface area (Å²) in [6.07, 6.45) is 0. The van der Waals surface area contributed by atoms with Crippen LogP contribution < -0.4 is 11.1 Å². The summed E-state index contributed by atoms with van der Waals surface area (Å²) < 4.78 is 0. The molecule has 3 nitrogen and oxygen atoms in total. The summed E-state index contributed by atoms with van der Waals surface area (Å²) in [7, 11) is 0. The summed E-state index contributed by atoms with van der Waals surface area (Å²) in [6.45, 7) is 7.89. The lowest BCUT2D eigenvalue weighted by Gasteiger charge is -2.17. The maximum Gasteiger partial charge on any atom is 0.241 e. The number of hydrogen-bond donors (Lipinski definition) is 2. The van der Waals surface area contributed by atoms with Crippen LogP contribution in [0.15, 0.2) is 18.2 Å². The van der Waals surface area contributed by atoms with Gasteiger partial charge < -0.3 is 11.1 Å². The normalized spacial score (nSPS) is 11.9. The molecule has 1 unspecified atom stereocenters. The van der Waals surface area contributed by atoms with Crippen molar-refractivity contribution in [2.75, 3.05) is 5.32 Å². The van der Waals surface area contributed by atoms with Gasteiger partial charge in [0.05, 0.1) is 6.04 Å². The highest BCUT2D eigenvalue weighted by Gasteiger charge is 2.17. The maximum atomic E-state index is 11.8. The third-order valence-electron chi connectivity index (χ3n) is 2.88. The van der Waals surface area contributed by atoms with E-state index in [1.165, 1.54) is 0 Å². The predicted molar refractivity (Wildman–Crippen MR) is 74.6 cm³/mol. The second kappa shape index (κ2) is 6.62. The Bertz CT molecular complexity index is 391. The van der Waals surface area contributed by atoms with Crippen LogP contribution in [-0.4, -0.2) is 11.9 Å². The molecule has 0 aliphatic rings. The fourth-order valence-corrected chi connectivity index (χ4v) is 1.41. The van der Waals surface area contributed by atoms with Gasteiger partial charge in [-0.1, -0.05) is 26.0 Å². The molecule has 0 spiro atoms. The molecule has 1 aromatic rings. The van der Waals surface area contributed by atoms with Gasteiger partial charge in [0.25, 0.3) is 0 Å². The Hall–Kier alpha value is -1.06. The highest BCUT2D eigenvalue weighted by atomic mass is 35.5. The Balaban J connectivity index is 0.00000256. The third-order valence-corrected chi connectivity index (χ3v) is 2.88. The van der Waals surface area contributed by atoms with Gasteiger partial charge in [0.2, 0.25) is 5.91 Å². The van der Waals surface area contributed by atoms with Crippen LogP contribution in [-0.2, 0) is 4.79 Å². The number of hydrogen-bond acceptors (Lipinski definition) is 2. The van der Waals surface area contributed by atoms with Gasteiger partial charge in [0.15, 0.2) is 0 Å². The van der Waals surface area contributed by atoms with E-state index in [0.717, 1.165) is 16.8 Å². The predicted octanol–water partition coefficient (Wildman–Crippen LogP) is 2.65. The van der Waals surface area contributed by atoms with Crippen molar-refractivity contribution in [2.45, 2.75) is 33.7 Å². The molecule has 0 aliphatic heterocycles. The number of amides is 1. The smallest absolute Gasteiger partial charge is 0.241 e. The number of benzene rings is 1. The Morgan fingerprint density at radius 3 is 2.41 bits per heavy atom. The second-order valence-electron chi connectivity index (χ2n) is 4.51. The second-order valence-corrected chi connectivity index (χ2v) is 4.51. The van der Waals surface area contributed by atoms with E-state index in [-0.39, 0.29) is 24.2 Å². The van der Waals surface area contributed by atoms with Crippen LogP contribution in [0.5, 0.6) is 0 Å². The summed E-state index contributed by atoms with van der Waals surface area (Å²) in [4.78, 5) is 11.8. The first-order valence-electron chi connectivity index (χ1n) is 5.56. The first-order valence-corrected chi connectivity index (χ1v) is 5.56. The van der Waals surface area contributed by atoms with Crippen molar-refractivity contribution in [3.05, 3.63) is 29.3 Å². The van der Waals surface area contributed by atoms with Gasteiger partial charge in [-0.15, -0.1) is 12.4 Å². The van der Waals surface area contributed by atoms with E-state index in [1.807, 2.05) is 45.9 Å². The van der Waals surface area contributed by atoms with Crippen molar-refractivity contribution < 1.29 is 4.79 Å². The lowest BCUT2D eigenvalue weighted by Crippen LogP contribution is -2.39. The lowest BCUT2D eigenvalue weighted by atomic mass is 10.0. The minimum Gasteiger partial charge on any atom is -0.324 e. The fourth-order valence-electron chi connectivity index (χ4n) is 1.41. The molecule has 3 N–H and O–H groups in total. The lowest BCUT2D eigenvalue weighted by molar-refractivity contribution is -0.118. The number of carbonyl (C=O) groups excluding carboxylic acids is 1. The summed E-state index contributed by atoms with van der Waals surface area (Å²) in [5, 5.41) is 2.87. The van der Waals surface area contributed by atoms with E-state index in [9.17, 15) is 4.79 Å². The quantitative estimate of drug-likeness (QED) is 0.874. The van der Waals surface area contributed by atoms with Crippen molar-refractivity contribution >= 4 is 24.0 Å². The number of halogens is 1. The summed E-state index contributed by atoms with van der Waals surface area (Å²) in [5.41, 5.74) is 8.88. The summed E-state index contributed by atoms with van der Waals surface area (Å²) >= 11 is 0. The molecule has 0 bridgehead atoms. The van der Waals surface area contributed by atoms with Gasteiger partial charge in [0, 0.05) is 5.69 Å². The van der Waals surface area contributed by atoms with Crippen molar-refractivity contribution in [3.8, 4) is 0 Å². The van der Waals surface area contributed by atoms with Crippen LogP contribution in [0.1, 0.15) is 25.0 Å². The molecule has 0 saturated carbocycles. The molecule has 0 fully saturated rings. The third kappa shape index (κ3) is 4.02. The van der Waals surface area contributed by atoms with Gasteiger partial charge in [-0.2, -0.15) is 0 Å². The molecule has 1 amide bonds. The summed E-state index contributed by atoms with van der Waals surface area (Å²) in [5.74, 6) is 0.0221. The van der Waals surface area contributed by atoms with Gasteiger partial charge in [-0.25, -0.2) is 0 Å². The zero-order valence-corrected chi connectivity index (χ0v) is 11.6. The van der Waals surface area contributed by atoms with Gasteiger partial charge in [-0.3, -0.25) is 4.79 Å². The number of aryl methyl sites for hydroxylation is 1. The highest BCUT2D eigenvalue weighted by Crippen LogP contribution is 2.18. The Kier molecular flexibility index (Phi) is 6.21. The molecule has 0 heterocycles. The van der Waals surface area contributed by atoms with Crippen molar-refractivity contribution in [3.63, 3.8) is 0 Å². The minimum atomic E-state index is -0.458. The number of anilines is 1. The monoisotopic (exact) mass is 256 g/mol. The van der Waals surface area contributed by atoms with Crippen LogP contribution in [0.25, 0.3) is 0 Å².